The minimum atomic E-state index is -1.03. The highest BCUT2D eigenvalue weighted by atomic mass is 32.1. The second-order valence-corrected chi connectivity index (χ2v) is 8.14. The number of benzene rings is 2. The summed E-state index contributed by atoms with van der Waals surface area (Å²) in [5.74, 6) is -1.21. The Labute approximate surface area is 169 Å². The summed E-state index contributed by atoms with van der Waals surface area (Å²) in [6, 6.07) is 16.9. The number of aromatic carboxylic acids is 1. The number of thiophene rings is 1. The van der Waals surface area contributed by atoms with Gasteiger partial charge in [0.05, 0.1) is 5.69 Å². The van der Waals surface area contributed by atoms with E-state index >= 15 is 0 Å². The van der Waals surface area contributed by atoms with Crippen LogP contribution < -0.4 is 4.90 Å². The number of aryl methyl sites for hydroxylation is 2. The Balaban J connectivity index is 2.13. The predicted octanol–water partition coefficient (Wildman–Crippen LogP) is 5.79. The summed E-state index contributed by atoms with van der Waals surface area (Å²) in [4.78, 5) is 27.9. The van der Waals surface area contributed by atoms with Gasteiger partial charge in [0, 0.05) is 16.5 Å². The molecule has 0 radical (unpaired) electrons. The summed E-state index contributed by atoms with van der Waals surface area (Å²) >= 11 is 1.19. The SMILES string of the molecule is Cc1ccc(C(=O)N(c2cc(-c3ccccc3)sc2C(=O)O)C(C)C)c(C)c1. The van der Waals surface area contributed by atoms with Crippen LogP contribution in [0.15, 0.2) is 54.6 Å². The Morgan fingerprint density at radius 2 is 1.68 bits per heavy atom. The molecule has 3 rings (SSSR count). The third-order valence-electron chi connectivity index (χ3n) is 4.57. The quantitative estimate of drug-likeness (QED) is 0.597. The van der Waals surface area contributed by atoms with Crippen LogP contribution in [0.5, 0.6) is 0 Å². The number of carbonyl (C=O) groups is 2. The number of carbonyl (C=O) groups excluding carboxylic acids is 1. The van der Waals surface area contributed by atoms with E-state index in [1.165, 1.54) is 11.3 Å². The van der Waals surface area contributed by atoms with Crippen LogP contribution in [0.2, 0.25) is 0 Å². The fourth-order valence-corrected chi connectivity index (χ4v) is 4.26. The van der Waals surface area contributed by atoms with Gasteiger partial charge >= 0.3 is 5.97 Å². The molecule has 144 valence electrons. The molecule has 3 aromatic rings. The summed E-state index contributed by atoms with van der Waals surface area (Å²) in [6.07, 6.45) is 0. The molecule has 28 heavy (non-hydrogen) atoms. The van der Waals surface area contributed by atoms with Crippen LogP contribution in [0.3, 0.4) is 0 Å². The zero-order valence-corrected chi connectivity index (χ0v) is 17.2. The second-order valence-electron chi connectivity index (χ2n) is 7.08. The van der Waals surface area contributed by atoms with E-state index in [9.17, 15) is 14.7 Å². The van der Waals surface area contributed by atoms with Crippen LogP contribution in [0.1, 0.15) is 45.0 Å². The van der Waals surface area contributed by atoms with Gasteiger partial charge in [0.15, 0.2) is 0 Å². The number of amides is 1. The topological polar surface area (TPSA) is 57.6 Å². The third-order valence-corrected chi connectivity index (χ3v) is 5.73. The molecule has 0 saturated carbocycles. The maximum absolute atomic E-state index is 13.4. The van der Waals surface area contributed by atoms with E-state index in [1.807, 2.05) is 82.3 Å². The first-order valence-corrected chi connectivity index (χ1v) is 9.94. The van der Waals surface area contributed by atoms with Crippen LogP contribution in [0, 0.1) is 13.8 Å². The van der Waals surface area contributed by atoms with E-state index in [1.54, 1.807) is 4.90 Å². The Bertz CT molecular complexity index is 1020. The molecule has 0 aliphatic rings. The van der Waals surface area contributed by atoms with Gasteiger partial charge in [-0.3, -0.25) is 4.79 Å². The van der Waals surface area contributed by atoms with Crippen molar-refractivity contribution < 1.29 is 14.7 Å². The first-order valence-electron chi connectivity index (χ1n) is 9.13. The molecule has 0 atom stereocenters. The van der Waals surface area contributed by atoms with Crippen molar-refractivity contribution in [1.29, 1.82) is 0 Å². The van der Waals surface area contributed by atoms with Gasteiger partial charge in [-0.15, -0.1) is 11.3 Å². The largest absolute Gasteiger partial charge is 0.477 e. The average molecular weight is 394 g/mol. The van der Waals surface area contributed by atoms with Crippen molar-refractivity contribution in [3.05, 3.63) is 76.2 Å². The predicted molar refractivity (Wildman–Crippen MR) is 115 cm³/mol. The molecule has 0 fully saturated rings. The number of carboxylic acid groups (broad SMARTS) is 1. The van der Waals surface area contributed by atoms with E-state index in [2.05, 4.69) is 0 Å². The summed E-state index contributed by atoms with van der Waals surface area (Å²) in [7, 11) is 0. The molecule has 1 N–H and O–H groups in total. The lowest BCUT2D eigenvalue weighted by atomic mass is 10.0. The van der Waals surface area contributed by atoms with Crippen molar-refractivity contribution in [3.8, 4) is 10.4 Å². The highest BCUT2D eigenvalue weighted by Crippen LogP contribution is 2.38. The first-order chi connectivity index (χ1) is 13.3. The number of rotatable bonds is 5. The maximum atomic E-state index is 13.4. The molecule has 0 spiro atoms. The Morgan fingerprint density at radius 3 is 2.25 bits per heavy atom. The number of nitrogens with zero attached hydrogens (tertiary/aromatic N) is 1. The fourth-order valence-electron chi connectivity index (χ4n) is 3.26. The molecule has 1 amide bonds. The minimum absolute atomic E-state index is 0.172. The molecular formula is C23H23NO3S. The summed E-state index contributed by atoms with van der Waals surface area (Å²) in [5.41, 5.74) is 3.92. The first kappa shape index (κ1) is 19.8. The van der Waals surface area contributed by atoms with Crippen molar-refractivity contribution in [1.82, 2.24) is 0 Å². The van der Waals surface area contributed by atoms with Gasteiger partial charge in [-0.2, -0.15) is 0 Å². The normalized spacial score (nSPS) is 10.9. The lowest BCUT2D eigenvalue weighted by Crippen LogP contribution is -2.38. The number of anilines is 1. The summed E-state index contributed by atoms with van der Waals surface area (Å²) in [5, 5.41) is 9.77. The molecule has 4 nitrogen and oxygen atoms in total. The molecule has 0 unspecified atom stereocenters. The molecule has 0 bridgehead atoms. The van der Waals surface area contributed by atoms with Crippen molar-refractivity contribution in [2.45, 2.75) is 33.7 Å². The maximum Gasteiger partial charge on any atom is 0.348 e. The van der Waals surface area contributed by atoms with Gasteiger partial charge in [0.2, 0.25) is 0 Å². The number of hydrogen-bond donors (Lipinski definition) is 1. The van der Waals surface area contributed by atoms with Crippen LogP contribution in [-0.4, -0.2) is 23.0 Å². The zero-order chi connectivity index (χ0) is 20.4. The standard InChI is InChI=1S/C23H23NO3S/c1-14(2)24(22(25)18-11-10-15(3)12-16(18)4)19-13-20(28-21(19)23(26)27)17-8-6-5-7-9-17/h5-14H,1-4H3,(H,26,27). The second kappa shape index (κ2) is 7.98. The zero-order valence-electron chi connectivity index (χ0n) is 16.4. The fraction of sp³-hybridized carbons (Fsp3) is 0.217. The molecule has 1 aromatic heterocycles. The number of carboxylic acids is 1. The molecular weight excluding hydrogens is 370 g/mol. The van der Waals surface area contributed by atoms with Gasteiger partial charge < -0.3 is 10.0 Å². The molecule has 0 saturated heterocycles. The van der Waals surface area contributed by atoms with E-state index in [4.69, 9.17) is 0 Å². The van der Waals surface area contributed by atoms with Crippen molar-refractivity contribution >= 4 is 28.9 Å². The van der Waals surface area contributed by atoms with E-state index in [0.29, 0.717) is 11.3 Å². The Kier molecular flexibility index (Phi) is 5.66. The van der Waals surface area contributed by atoms with Crippen molar-refractivity contribution in [2.75, 3.05) is 4.90 Å². The monoisotopic (exact) mass is 393 g/mol. The lowest BCUT2D eigenvalue weighted by Gasteiger charge is -2.27. The molecule has 5 heteroatoms. The minimum Gasteiger partial charge on any atom is -0.477 e. The Morgan fingerprint density at radius 1 is 1.00 bits per heavy atom. The van der Waals surface area contributed by atoms with Crippen LogP contribution in [-0.2, 0) is 0 Å². The average Bonchev–Trinajstić information content (AvgIpc) is 3.07. The number of hydrogen-bond acceptors (Lipinski definition) is 3. The molecule has 2 aromatic carbocycles. The summed E-state index contributed by atoms with van der Waals surface area (Å²) < 4.78 is 0. The lowest BCUT2D eigenvalue weighted by molar-refractivity contribution is 0.0703. The summed E-state index contributed by atoms with van der Waals surface area (Å²) in [6.45, 7) is 7.68. The highest BCUT2D eigenvalue weighted by molar-refractivity contribution is 7.18. The van der Waals surface area contributed by atoms with Crippen LogP contribution in [0.4, 0.5) is 5.69 Å². The van der Waals surface area contributed by atoms with Crippen LogP contribution in [0.25, 0.3) is 10.4 Å². The van der Waals surface area contributed by atoms with Gasteiger partial charge in [-0.05, 0) is 51.0 Å². The van der Waals surface area contributed by atoms with Gasteiger partial charge in [-0.25, -0.2) is 4.79 Å². The van der Waals surface area contributed by atoms with Gasteiger partial charge in [-0.1, -0.05) is 48.0 Å². The Hall–Kier alpha value is -2.92. The van der Waals surface area contributed by atoms with E-state index < -0.39 is 5.97 Å². The van der Waals surface area contributed by atoms with E-state index in [-0.39, 0.29) is 16.8 Å². The van der Waals surface area contributed by atoms with Crippen LogP contribution >= 0.6 is 11.3 Å². The third kappa shape index (κ3) is 3.85. The van der Waals surface area contributed by atoms with Gasteiger partial charge in [0.1, 0.15) is 4.88 Å². The highest BCUT2D eigenvalue weighted by Gasteiger charge is 2.28. The smallest absolute Gasteiger partial charge is 0.348 e. The van der Waals surface area contributed by atoms with Gasteiger partial charge in [0.25, 0.3) is 5.91 Å². The molecule has 1 heterocycles. The van der Waals surface area contributed by atoms with Crippen molar-refractivity contribution in [2.24, 2.45) is 0 Å². The molecule has 0 aliphatic carbocycles. The van der Waals surface area contributed by atoms with Crippen molar-refractivity contribution in [3.63, 3.8) is 0 Å². The van der Waals surface area contributed by atoms with E-state index in [0.717, 1.165) is 21.6 Å². The molecule has 0 aliphatic heterocycles.